The number of hydrogen-bond acceptors (Lipinski definition) is 3. The lowest BCUT2D eigenvalue weighted by Crippen LogP contribution is -2.54. The van der Waals surface area contributed by atoms with E-state index in [4.69, 9.17) is 0 Å². The van der Waals surface area contributed by atoms with Crippen molar-refractivity contribution in [3.8, 4) is 0 Å². The van der Waals surface area contributed by atoms with E-state index in [-0.39, 0.29) is 11.5 Å². The van der Waals surface area contributed by atoms with Crippen LogP contribution in [-0.4, -0.2) is 26.8 Å². The lowest BCUT2D eigenvalue weighted by atomic mass is 9.45. The standard InChI is InChI=1S/C25H36N2O2/c1-4-27-12-9-18(26-27)13-16-14-22-20-6-5-17-15-19(28)7-10-24(17,2)21(20)8-11-25(22,3)23(16)29/h9,12-13,17,19-22,28H,4-8,10-11,14-15H2,1-3H3/b16-13+/t17-,19+,20-,21+,22+,24-,25+/m0/s1. The largest absolute Gasteiger partial charge is 0.393 e. The van der Waals surface area contributed by atoms with Crippen LogP contribution in [0.15, 0.2) is 17.8 Å². The van der Waals surface area contributed by atoms with Crippen LogP contribution in [0.3, 0.4) is 0 Å². The maximum absolute atomic E-state index is 13.5. The summed E-state index contributed by atoms with van der Waals surface area (Å²) in [6, 6.07) is 2.02. The topological polar surface area (TPSA) is 55.1 Å². The molecule has 4 aliphatic rings. The molecule has 4 fully saturated rings. The zero-order valence-electron chi connectivity index (χ0n) is 18.2. The predicted molar refractivity (Wildman–Crippen MR) is 114 cm³/mol. The molecular formula is C25H36N2O2. The van der Waals surface area contributed by atoms with Gasteiger partial charge in [-0.3, -0.25) is 9.48 Å². The Labute approximate surface area is 174 Å². The number of nitrogens with zero attached hydrogens (tertiary/aromatic N) is 2. The summed E-state index contributed by atoms with van der Waals surface area (Å²) in [4.78, 5) is 13.5. The highest BCUT2D eigenvalue weighted by molar-refractivity contribution is 6.05. The molecule has 4 nitrogen and oxygen atoms in total. The van der Waals surface area contributed by atoms with Crippen LogP contribution in [0.25, 0.3) is 6.08 Å². The van der Waals surface area contributed by atoms with Gasteiger partial charge in [-0.15, -0.1) is 0 Å². The first-order valence-electron chi connectivity index (χ1n) is 11.8. The number of hydrogen-bond donors (Lipinski definition) is 1. The molecule has 29 heavy (non-hydrogen) atoms. The highest BCUT2D eigenvalue weighted by atomic mass is 16.3. The second-order valence-electron chi connectivity index (χ2n) is 10.8. The number of aliphatic hydroxyl groups is 1. The van der Waals surface area contributed by atoms with Crippen LogP contribution in [-0.2, 0) is 11.3 Å². The van der Waals surface area contributed by atoms with Crippen molar-refractivity contribution in [3.63, 3.8) is 0 Å². The van der Waals surface area contributed by atoms with Crippen LogP contribution in [0.1, 0.15) is 77.8 Å². The predicted octanol–water partition coefficient (Wildman–Crippen LogP) is 4.87. The fourth-order valence-electron chi connectivity index (χ4n) is 7.84. The van der Waals surface area contributed by atoms with E-state index in [9.17, 15) is 9.90 Å². The van der Waals surface area contributed by atoms with Crippen LogP contribution in [0.5, 0.6) is 0 Å². The monoisotopic (exact) mass is 396 g/mol. The number of aryl methyl sites for hydroxylation is 1. The first-order chi connectivity index (χ1) is 13.8. The molecule has 0 spiro atoms. The van der Waals surface area contributed by atoms with Gasteiger partial charge in [-0.2, -0.15) is 5.10 Å². The second kappa shape index (κ2) is 6.80. The first kappa shape index (κ1) is 19.5. The van der Waals surface area contributed by atoms with Crippen molar-refractivity contribution < 1.29 is 9.90 Å². The van der Waals surface area contributed by atoms with Gasteiger partial charge >= 0.3 is 0 Å². The normalized spacial score (nSPS) is 45.7. The van der Waals surface area contributed by atoms with Gasteiger partial charge in [0.15, 0.2) is 5.78 Å². The molecule has 0 aromatic carbocycles. The average molecular weight is 397 g/mol. The number of ketones is 1. The third kappa shape index (κ3) is 2.89. The molecule has 1 heterocycles. The molecule has 158 valence electrons. The van der Waals surface area contributed by atoms with Crippen molar-refractivity contribution in [2.75, 3.05) is 0 Å². The Balaban J connectivity index is 1.43. The molecule has 1 N–H and O–H groups in total. The fourth-order valence-corrected chi connectivity index (χ4v) is 7.84. The van der Waals surface area contributed by atoms with Gasteiger partial charge in [-0.1, -0.05) is 13.8 Å². The Kier molecular flexibility index (Phi) is 4.58. The maximum Gasteiger partial charge on any atom is 0.165 e. The van der Waals surface area contributed by atoms with Crippen LogP contribution in [0, 0.1) is 34.5 Å². The minimum absolute atomic E-state index is 0.0935. The molecule has 5 rings (SSSR count). The second-order valence-corrected chi connectivity index (χ2v) is 10.8. The van der Waals surface area contributed by atoms with Crippen LogP contribution >= 0.6 is 0 Å². The molecular weight excluding hydrogens is 360 g/mol. The number of carbonyl (C=O) groups excluding carboxylic acids is 1. The smallest absolute Gasteiger partial charge is 0.165 e. The van der Waals surface area contributed by atoms with E-state index in [2.05, 4.69) is 31.9 Å². The Morgan fingerprint density at radius 3 is 2.79 bits per heavy atom. The molecule has 0 unspecified atom stereocenters. The average Bonchev–Trinajstić information content (AvgIpc) is 3.26. The van der Waals surface area contributed by atoms with Gasteiger partial charge in [0.1, 0.15) is 0 Å². The molecule has 0 saturated heterocycles. The van der Waals surface area contributed by atoms with E-state index in [1.807, 2.05) is 16.9 Å². The van der Waals surface area contributed by atoms with Gasteiger partial charge in [0.25, 0.3) is 0 Å². The van der Waals surface area contributed by atoms with Crippen molar-refractivity contribution >= 4 is 11.9 Å². The number of Topliss-reactive ketones (excluding diaryl/α,β-unsaturated/α-hetero) is 1. The molecule has 0 amide bonds. The number of aliphatic hydroxyl groups excluding tert-OH is 1. The van der Waals surface area contributed by atoms with Crippen LogP contribution in [0.2, 0.25) is 0 Å². The third-order valence-electron chi connectivity index (χ3n) is 9.59. The quantitative estimate of drug-likeness (QED) is 0.726. The minimum Gasteiger partial charge on any atom is -0.393 e. The number of carbonyl (C=O) groups is 1. The summed E-state index contributed by atoms with van der Waals surface area (Å²) in [6.45, 7) is 7.70. The van der Waals surface area contributed by atoms with Crippen molar-refractivity contribution in [2.45, 2.75) is 84.8 Å². The molecule has 4 aliphatic carbocycles. The summed E-state index contributed by atoms with van der Waals surface area (Å²) >= 11 is 0. The Morgan fingerprint density at radius 2 is 2.03 bits per heavy atom. The van der Waals surface area contributed by atoms with Crippen molar-refractivity contribution in [1.29, 1.82) is 0 Å². The van der Waals surface area contributed by atoms with E-state index in [1.165, 1.54) is 19.3 Å². The summed E-state index contributed by atoms with van der Waals surface area (Å²) in [7, 11) is 0. The molecule has 4 heteroatoms. The molecule has 0 radical (unpaired) electrons. The zero-order chi connectivity index (χ0) is 20.4. The van der Waals surface area contributed by atoms with Gasteiger partial charge in [0, 0.05) is 18.2 Å². The van der Waals surface area contributed by atoms with E-state index >= 15 is 0 Å². The lowest BCUT2D eigenvalue weighted by Gasteiger charge is -2.59. The Hall–Kier alpha value is -1.42. The molecule has 0 bridgehead atoms. The lowest BCUT2D eigenvalue weighted by molar-refractivity contribution is -0.141. The Morgan fingerprint density at radius 1 is 1.21 bits per heavy atom. The van der Waals surface area contributed by atoms with Gasteiger partial charge < -0.3 is 5.11 Å². The molecule has 7 atom stereocenters. The van der Waals surface area contributed by atoms with Gasteiger partial charge in [-0.25, -0.2) is 0 Å². The number of rotatable bonds is 2. The summed E-state index contributed by atoms with van der Waals surface area (Å²) in [5.74, 6) is 2.92. The van der Waals surface area contributed by atoms with Crippen molar-refractivity contribution in [1.82, 2.24) is 9.78 Å². The summed E-state index contributed by atoms with van der Waals surface area (Å²) in [5.41, 5.74) is 2.10. The van der Waals surface area contributed by atoms with Gasteiger partial charge in [-0.05, 0) is 105 Å². The fraction of sp³-hybridized carbons (Fsp3) is 0.760. The highest BCUT2D eigenvalue weighted by Gasteiger charge is 2.61. The molecule has 4 saturated carbocycles. The van der Waals surface area contributed by atoms with Gasteiger partial charge in [0.2, 0.25) is 0 Å². The minimum atomic E-state index is -0.183. The summed E-state index contributed by atoms with van der Waals surface area (Å²) < 4.78 is 1.93. The van der Waals surface area contributed by atoms with E-state index in [0.717, 1.165) is 55.8 Å². The number of fused-ring (bicyclic) bond motifs is 5. The number of allylic oxidation sites excluding steroid dienone is 1. The molecule has 1 aromatic rings. The van der Waals surface area contributed by atoms with Crippen LogP contribution in [0.4, 0.5) is 0 Å². The van der Waals surface area contributed by atoms with E-state index in [1.54, 1.807) is 0 Å². The summed E-state index contributed by atoms with van der Waals surface area (Å²) in [6.07, 6.45) is 12.7. The molecule has 0 aliphatic heterocycles. The van der Waals surface area contributed by atoms with E-state index in [0.29, 0.717) is 29.0 Å². The summed E-state index contributed by atoms with van der Waals surface area (Å²) in [5, 5.41) is 14.8. The van der Waals surface area contributed by atoms with Crippen molar-refractivity contribution in [2.24, 2.45) is 34.5 Å². The first-order valence-corrected chi connectivity index (χ1v) is 11.8. The SMILES string of the molecule is CCn1ccc(/C=C2\C[C@@H]3[C@H]4CC[C@H]5C[C@H](O)CC[C@]5(C)[C@@H]4CC[C@@]3(C)C2=O)n1. The maximum atomic E-state index is 13.5. The molecule has 1 aromatic heterocycles. The Bertz CT molecular complexity index is 842. The van der Waals surface area contributed by atoms with Crippen LogP contribution < -0.4 is 0 Å². The van der Waals surface area contributed by atoms with E-state index < -0.39 is 0 Å². The van der Waals surface area contributed by atoms with Gasteiger partial charge in [0.05, 0.1) is 11.8 Å². The van der Waals surface area contributed by atoms with Crippen molar-refractivity contribution in [3.05, 3.63) is 23.5 Å². The highest BCUT2D eigenvalue weighted by Crippen LogP contribution is 2.66. The third-order valence-corrected chi connectivity index (χ3v) is 9.59. The number of aromatic nitrogens is 2. The zero-order valence-corrected chi connectivity index (χ0v) is 18.2.